The van der Waals surface area contributed by atoms with Crippen molar-refractivity contribution < 1.29 is 14.5 Å². The summed E-state index contributed by atoms with van der Waals surface area (Å²) in [6.07, 6.45) is 2.64. The van der Waals surface area contributed by atoms with Crippen LogP contribution in [0.5, 0.6) is 5.75 Å². The zero-order chi connectivity index (χ0) is 18.8. The molecule has 0 aliphatic rings. The maximum absolute atomic E-state index is 12.7. The number of pyridine rings is 1. The van der Waals surface area contributed by atoms with E-state index in [0.717, 1.165) is 16.5 Å². The smallest absolute Gasteiger partial charge is 0.410 e. The quantitative estimate of drug-likeness (QED) is 0.392. The van der Waals surface area contributed by atoms with Crippen molar-refractivity contribution in [3.05, 3.63) is 89.2 Å². The molecule has 2 heterocycles. The Balaban J connectivity index is 1.71. The molecule has 0 saturated carbocycles. The molecule has 0 atom stereocenters. The zero-order valence-corrected chi connectivity index (χ0v) is 14.0. The lowest BCUT2D eigenvalue weighted by molar-refractivity contribution is -0.384. The van der Waals surface area contributed by atoms with Crippen molar-refractivity contribution in [3.63, 3.8) is 0 Å². The van der Waals surface area contributed by atoms with Gasteiger partial charge in [-0.05, 0) is 29.8 Å². The van der Waals surface area contributed by atoms with Crippen molar-refractivity contribution in [1.29, 1.82) is 0 Å². The highest BCUT2D eigenvalue weighted by molar-refractivity contribution is 5.98. The van der Waals surface area contributed by atoms with Crippen molar-refractivity contribution in [2.75, 3.05) is 0 Å². The summed E-state index contributed by atoms with van der Waals surface area (Å²) in [7, 11) is 0. The van der Waals surface area contributed by atoms with E-state index in [1.54, 1.807) is 18.5 Å². The Bertz CT molecular complexity index is 1140. The summed E-state index contributed by atoms with van der Waals surface area (Å²) in [5, 5.41) is 11.5. The summed E-state index contributed by atoms with van der Waals surface area (Å²) < 4.78 is 6.69. The third-order valence-corrected chi connectivity index (χ3v) is 4.10. The van der Waals surface area contributed by atoms with E-state index in [9.17, 15) is 14.9 Å². The molecule has 0 fully saturated rings. The van der Waals surface area contributed by atoms with Gasteiger partial charge in [0.2, 0.25) is 0 Å². The second kappa shape index (κ2) is 6.72. The number of rotatable bonds is 3. The molecule has 2 aromatic heterocycles. The minimum Gasteiger partial charge on any atom is -0.410 e. The number of aromatic nitrogens is 2. The number of nitro benzene ring substituents is 1. The standard InChI is InChI=1S/C20H13N3O4/c24-20(27-16-10-8-15(9-11-16)23(25)26)22-13-18(14-5-2-1-3-6-14)17-7-4-12-21-19(17)22/h1-13H. The molecule has 0 radical (unpaired) electrons. The van der Waals surface area contributed by atoms with Crippen LogP contribution in [0.2, 0.25) is 0 Å². The van der Waals surface area contributed by atoms with Gasteiger partial charge in [0.1, 0.15) is 11.4 Å². The second-order valence-electron chi connectivity index (χ2n) is 5.77. The zero-order valence-electron chi connectivity index (χ0n) is 14.0. The highest BCUT2D eigenvalue weighted by Gasteiger charge is 2.17. The van der Waals surface area contributed by atoms with Gasteiger partial charge in [0.15, 0.2) is 0 Å². The van der Waals surface area contributed by atoms with Gasteiger partial charge in [-0.15, -0.1) is 0 Å². The first-order chi connectivity index (χ1) is 13.1. The van der Waals surface area contributed by atoms with Crippen LogP contribution in [0.25, 0.3) is 22.2 Å². The minimum atomic E-state index is -0.644. The molecule has 27 heavy (non-hydrogen) atoms. The number of hydrogen-bond donors (Lipinski definition) is 0. The van der Waals surface area contributed by atoms with E-state index in [1.807, 2.05) is 36.4 Å². The largest absolute Gasteiger partial charge is 0.425 e. The molecular formula is C20H13N3O4. The van der Waals surface area contributed by atoms with Gasteiger partial charge in [0.25, 0.3) is 5.69 Å². The van der Waals surface area contributed by atoms with E-state index in [2.05, 4.69) is 4.98 Å². The van der Waals surface area contributed by atoms with Crippen LogP contribution in [-0.4, -0.2) is 20.6 Å². The lowest BCUT2D eigenvalue weighted by Gasteiger charge is -2.05. The third-order valence-electron chi connectivity index (χ3n) is 4.10. The van der Waals surface area contributed by atoms with Crippen LogP contribution in [-0.2, 0) is 0 Å². The molecule has 0 N–H and O–H groups in total. The Kier molecular flexibility index (Phi) is 4.10. The number of fused-ring (bicyclic) bond motifs is 1. The molecule has 0 unspecified atom stereocenters. The SMILES string of the molecule is O=C(Oc1ccc([N+](=O)[O-])cc1)n1cc(-c2ccccc2)c2cccnc21. The van der Waals surface area contributed by atoms with Crippen LogP contribution in [0.1, 0.15) is 0 Å². The lowest BCUT2D eigenvalue weighted by Crippen LogP contribution is -2.16. The summed E-state index contributed by atoms with van der Waals surface area (Å²) in [6, 6.07) is 18.7. The molecule has 132 valence electrons. The second-order valence-corrected chi connectivity index (χ2v) is 5.77. The maximum atomic E-state index is 12.7. The molecule has 0 amide bonds. The van der Waals surface area contributed by atoms with Crippen LogP contribution < -0.4 is 4.74 Å². The Morgan fingerprint density at radius 2 is 1.74 bits per heavy atom. The fraction of sp³-hybridized carbons (Fsp3) is 0. The third kappa shape index (κ3) is 3.13. The number of hydrogen-bond acceptors (Lipinski definition) is 5. The first-order valence-electron chi connectivity index (χ1n) is 8.11. The molecule has 2 aromatic carbocycles. The van der Waals surface area contributed by atoms with Crippen LogP contribution in [0.3, 0.4) is 0 Å². The monoisotopic (exact) mass is 359 g/mol. The van der Waals surface area contributed by atoms with Crippen molar-refractivity contribution in [2.45, 2.75) is 0 Å². The van der Waals surface area contributed by atoms with Crippen molar-refractivity contribution in [3.8, 4) is 16.9 Å². The Labute approximate surface area is 153 Å². The average Bonchev–Trinajstić information content (AvgIpc) is 3.09. The number of nitro groups is 1. The summed E-state index contributed by atoms with van der Waals surface area (Å²) in [5.74, 6) is 0.213. The molecule has 4 aromatic rings. The molecule has 0 aliphatic carbocycles. The Morgan fingerprint density at radius 1 is 1.00 bits per heavy atom. The van der Waals surface area contributed by atoms with Gasteiger partial charge in [0, 0.05) is 35.5 Å². The first kappa shape index (κ1) is 16.5. The van der Waals surface area contributed by atoms with Crippen molar-refractivity contribution in [1.82, 2.24) is 9.55 Å². The van der Waals surface area contributed by atoms with Crippen molar-refractivity contribution >= 4 is 22.8 Å². The lowest BCUT2D eigenvalue weighted by atomic mass is 10.1. The molecule has 7 nitrogen and oxygen atoms in total. The molecule has 7 heteroatoms. The van der Waals surface area contributed by atoms with Gasteiger partial charge in [-0.25, -0.2) is 14.3 Å². The van der Waals surface area contributed by atoms with E-state index in [-0.39, 0.29) is 11.4 Å². The molecule has 0 bridgehead atoms. The van der Waals surface area contributed by atoms with Crippen LogP contribution >= 0.6 is 0 Å². The predicted octanol–water partition coefficient (Wildman–Crippen LogP) is 4.66. The summed E-state index contributed by atoms with van der Waals surface area (Å²) in [6.45, 7) is 0. The van der Waals surface area contributed by atoms with E-state index in [4.69, 9.17) is 4.74 Å². The fourth-order valence-corrected chi connectivity index (χ4v) is 2.83. The van der Waals surface area contributed by atoms with Gasteiger partial charge < -0.3 is 4.74 Å². The van der Waals surface area contributed by atoms with Crippen LogP contribution in [0.4, 0.5) is 10.5 Å². The van der Waals surface area contributed by atoms with Crippen LogP contribution in [0.15, 0.2) is 79.1 Å². The van der Waals surface area contributed by atoms with E-state index in [0.29, 0.717) is 5.65 Å². The number of non-ortho nitro benzene ring substituents is 1. The van der Waals surface area contributed by atoms with E-state index in [1.165, 1.54) is 28.8 Å². The predicted molar refractivity (Wildman–Crippen MR) is 99.7 cm³/mol. The number of ether oxygens (including phenoxy) is 1. The topological polar surface area (TPSA) is 87.3 Å². The first-order valence-corrected chi connectivity index (χ1v) is 8.11. The fourth-order valence-electron chi connectivity index (χ4n) is 2.83. The van der Waals surface area contributed by atoms with Gasteiger partial charge in [-0.3, -0.25) is 10.1 Å². The summed E-state index contributed by atoms with van der Waals surface area (Å²) in [5.41, 5.74) is 2.22. The molecule has 0 spiro atoms. The van der Waals surface area contributed by atoms with E-state index < -0.39 is 11.0 Å². The molecule has 0 saturated heterocycles. The van der Waals surface area contributed by atoms with Crippen molar-refractivity contribution in [2.24, 2.45) is 0 Å². The molecule has 4 rings (SSSR count). The number of benzene rings is 2. The number of carbonyl (C=O) groups is 1. The van der Waals surface area contributed by atoms with E-state index >= 15 is 0 Å². The average molecular weight is 359 g/mol. The molecule has 0 aliphatic heterocycles. The summed E-state index contributed by atoms with van der Waals surface area (Å²) in [4.78, 5) is 27.2. The minimum absolute atomic E-state index is 0.0748. The summed E-state index contributed by atoms with van der Waals surface area (Å²) >= 11 is 0. The van der Waals surface area contributed by atoms with Crippen LogP contribution in [0, 0.1) is 10.1 Å². The Morgan fingerprint density at radius 3 is 2.44 bits per heavy atom. The normalized spacial score (nSPS) is 10.7. The van der Waals surface area contributed by atoms with Gasteiger partial charge in [-0.2, -0.15) is 0 Å². The van der Waals surface area contributed by atoms with Gasteiger partial charge in [-0.1, -0.05) is 30.3 Å². The highest BCUT2D eigenvalue weighted by Crippen LogP contribution is 2.29. The molecular weight excluding hydrogens is 346 g/mol. The Hall–Kier alpha value is -4.00. The maximum Gasteiger partial charge on any atom is 0.425 e. The highest BCUT2D eigenvalue weighted by atomic mass is 16.6. The number of nitrogens with zero attached hydrogens (tertiary/aromatic N) is 3. The number of carbonyl (C=O) groups excluding carboxylic acids is 1. The van der Waals surface area contributed by atoms with Gasteiger partial charge in [0.05, 0.1) is 4.92 Å². The van der Waals surface area contributed by atoms with Gasteiger partial charge >= 0.3 is 6.09 Å².